The topological polar surface area (TPSA) is 58.9 Å². The predicted molar refractivity (Wildman–Crippen MR) is 68.7 cm³/mol. The molecule has 0 fully saturated rings. The second-order valence-electron chi connectivity index (χ2n) is 4.98. The smallest absolute Gasteiger partial charge is 0.351 e. The molecule has 0 aromatic heterocycles. The number of aliphatic carboxylic acids is 1. The molecule has 96 valence electrons. The van der Waals surface area contributed by atoms with Crippen LogP contribution in [0.3, 0.4) is 0 Å². The van der Waals surface area contributed by atoms with Crippen molar-refractivity contribution in [1.82, 2.24) is 0 Å². The molecule has 0 spiro atoms. The zero-order valence-electron chi connectivity index (χ0n) is 10.6. The fourth-order valence-corrected chi connectivity index (χ4v) is 2.10. The third-order valence-corrected chi connectivity index (χ3v) is 3.28. The summed E-state index contributed by atoms with van der Waals surface area (Å²) in [6.45, 7) is 3.66. The van der Waals surface area contributed by atoms with Crippen LogP contribution in [0.25, 0.3) is 0 Å². The minimum absolute atomic E-state index is 0.310. The molecule has 1 aromatic rings. The van der Waals surface area contributed by atoms with Crippen molar-refractivity contribution in [2.45, 2.75) is 38.2 Å². The third kappa shape index (κ3) is 2.53. The van der Waals surface area contributed by atoms with Gasteiger partial charge in [0.2, 0.25) is 5.60 Å². The van der Waals surface area contributed by atoms with Crippen LogP contribution in [0.4, 0.5) is 0 Å². The summed E-state index contributed by atoms with van der Waals surface area (Å²) in [6.07, 6.45) is 1.09. The number of nitrogens with zero attached hydrogens (tertiary/aromatic N) is 1. The van der Waals surface area contributed by atoms with Gasteiger partial charge in [-0.1, -0.05) is 42.4 Å². The lowest BCUT2D eigenvalue weighted by Gasteiger charge is -2.15. The second kappa shape index (κ2) is 4.80. The molecule has 0 radical (unpaired) electrons. The predicted octanol–water partition coefficient (Wildman–Crippen LogP) is 2.80. The van der Waals surface area contributed by atoms with Crippen molar-refractivity contribution in [2.24, 2.45) is 5.16 Å². The summed E-state index contributed by atoms with van der Waals surface area (Å²) in [5.74, 6) is -0.654. The van der Waals surface area contributed by atoms with E-state index in [0.29, 0.717) is 12.3 Å². The number of hydrogen-bond acceptors (Lipinski definition) is 3. The van der Waals surface area contributed by atoms with Crippen LogP contribution in [0.1, 0.15) is 38.2 Å². The highest BCUT2D eigenvalue weighted by Gasteiger charge is 2.42. The summed E-state index contributed by atoms with van der Waals surface area (Å²) in [5, 5.41) is 13.0. The third-order valence-electron chi connectivity index (χ3n) is 3.28. The monoisotopic (exact) mass is 247 g/mol. The molecule has 18 heavy (non-hydrogen) atoms. The Morgan fingerprint density at radius 1 is 1.50 bits per heavy atom. The first-order valence-corrected chi connectivity index (χ1v) is 6.03. The Labute approximate surface area is 106 Å². The van der Waals surface area contributed by atoms with E-state index in [1.165, 1.54) is 5.56 Å². The van der Waals surface area contributed by atoms with E-state index in [1.807, 2.05) is 18.2 Å². The number of oxime groups is 1. The molecule has 2 unspecified atom stereocenters. The van der Waals surface area contributed by atoms with E-state index in [0.717, 1.165) is 12.1 Å². The van der Waals surface area contributed by atoms with Crippen molar-refractivity contribution < 1.29 is 14.7 Å². The van der Waals surface area contributed by atoms with Crippen molar-refractivity contribution in [3.63, 3.8) is 0 Å². The van der Waals surface area contributed by atoms with E-state index in [4.69, 9.17) is 9.94 Å². The Bertz CT molecular complexity index is 469. The normalized spacial score (nSPS) is 24.2. The molecule has 2 rings (SSSR count). The van der Waals surface area contributed by atoms with Gasteiger partial charge in [-0.2, -0.15) is 0 Å². The summed E-state index contributed by atoms with van der Waals surface area (Å²) in [4.78, 5) is 16.1. The van der Waals surface area contributed by atoms with E-state index in [9.17, 15) is 4.79 Å². The summed E-state index contributed by atoms with van der Waals surface area (Å²) >= 11 is 0. The fourth-order valence-electron chi connectivity index (χ4n) is 2.10. The Morgan fingerprint density at radius 2 is 2.17 bits per heavy atom. The lowest BCUT2D eigenvalue weighted by atomic mass is 9.91. The first-order chi connectivity index (χ1) is 8.51. The van der Waals surface area contributed by atoms with Crippen molar-refractivity contribution in [1.29, 1.82) is 0 Å². The van der Waals surface area contributed by atoms with Gasteiger partial charge in [-0.05, 0) is 24.8 Å². The van der Waals surface area contributed by atoms with Gasteiger partial charge in [0, 0.05) is 6.42 Å². The number of carboxylic acid groups (broad SMARTS) is 1. The lowest BCUT2D eigenvalue weighted by molar-refractivity contribution is -0.160. The molecule has 1 aromatic carbocycles. The maximum absolute atomic E-state index is 11.0. The van der Waals surface area contributed by atoms with Crippen LogP contribution < -0.4 is 0 Å². The molecule has 1 N–H and O–H groups in total. The SMILES string of the molecule is CC(CC1=NOC(C)(C(=O)O)C1)c1ccccc1. The number of carbonyl (C=O) groups is 1. The average Bonchev–Trinajstić information content (AvgIpc) is 2.73. The highest BCUT2D eigenvalue weighted by atomic mass is 16.7. The van der Waals surface area contributed by atoms with Gasteiger partial charge in [-0.3, -0.25) is 0 Å². The molecule has 0 aliphatic carbocycles. The van der Waals surface area contributed by atoms with Crippen LogP contribution in [0.2, 0.25) is 0 Å². The molecule has 1 aliphatic rings. The minimum Gasteiger partial charge on any atom is -0.478 e. The highest BCUT2D eigenvalue weighted by Crippen LogP contribution is 2.29. The molecule has 4 heteroatoms. The van der Waals surface area contributed by atoms with Gasteiger partial charge < -0.3 is 9.94 Å². The van der Waals surface area contributed by atoms with Gasteiger partial charge in [0.15, 0.2) is 0 Å². The van der Waals surface area contributed by atoms with Gasteiger partial charge >= 0.3 is 5.97 Å². The Balaban J connectivity index is 1.98. The van der Waals surface area contributed by atoms with Gasteiger partial charge in [0.05, 0.1) is 5.71 Å². The first-order valence-electron chi connectivity index (χ1n) is 6.03. The van der Waals surface area contributed by atoms with E-state index >= 15 is 0 Å². The number of hydrogen-bond donors (Lipinski definition) is 1. The average molecular weight is 247 g/mol. The molecule has 4 nitrogen and oxygen atoms in total. The Kier molecular flexibility index (Phi) is 3.36. The lowest BCUT2D eigenvalue weighted by Crippen LogP contribution is -2.35. The van der Waals surface area contributed by atoms with Crippen LogP contribution in [0.5, 0.6) is 0 Å². The Morgan fingerprint density at radius 3 is 2.72 bits per heavy atom. The molecular weight excluding hydrogens is 230 g/mol. The summed E-state index contributed by atoms with van der Waals surface area (Å²) in [5.41, 5.74) is 0.853. The molecule has 0 saturated heterocycles. The highest BCUT2D eigenvalue weighted by molar-refractivity contribution is 5.93. The van der Waals surface area contributed by atoms with Crippen LogP contribution in [-0.2, 0) is 9.63 Å². The van der Waals surface area contributed by atoms with Crippen LogP contribution >= 0.6 is 0 Å². The molecule has 2 atom stereocenters. The Hall–Kier alpha value is -1.84. The van der Waals surface area contributed by atoms with Crippen LogP contribution in [0.15, 0.2) is 35.5 Å². The van der Waals surface area contributed by atoms with Crippen molar-refractivity contribution >= 4 is 11.7 Å². The summed E-state index contributed by atoms with van der Waals surface area (Å²) in [7, 11) is 0. The quantitative estimate of drug-likeness (QED) is 0.890. The van der Waals surface area contributed by atoms with E-state index in [2.05, 4.69) is 24.2 Å². The first kappa shape index (κ1) is 12.6. The fraction of sp³-hybridized carbons (Fsp3) is 0.429. The number of rotatable bonds is 4. The van der Waals surface area contributed by atoms with E-state index < -0.39 is 11.6 Å². The number of benzene rings is 1. The molecule has 0 bridgehead atoms. The standard InChI is InChI=1S/C14H17NO3/c1-10(11-6-4-3-5-7-11)8-12-9-14(2,13(16)17)18-15-12/h3-7,10H,8-9H2,1-2H3,(H,16,17). The van der Waals surface area contributed by atoms with Gasteiger partial charge in [0.25, 0.3) is 0 Å². The van der Waals surface area contributed by atoms with E-state index in [1.54, 1.807) is 6.92 Å². The van der Waals surface area contributed by atoms with Gasteiger partial charge in [0.1, 0.15) is 0 Å². The molecule has 1 heterocycles. The van der Waals surface area contributed by atoms with Crippen molar-refractivity contribution in [2.75, 3.05) is 0 Å². The minimum atomic E-state index is -1.19. The maximum atomic E-state index is 11.0. The number of carboxylic acids is 1. The molecular formula is C14H17NO3. The molecule has 0 amide bonds. The zero-order valence-corrected chi connectivity index (χ0v) is 10.6. The van der Waals surface area contributed by atoms with Gasteiger partial charge in [-0.25, -0.2) is 4.79 Å². The van der Waals surface area contributed by atoms with Crippen LogP contribution in [-0.4, -0.2) is 22.4 Å². The molecule has 1 aliphatic heterocycles. The summed E-state index contributed by atoms with van der Waals surface area (Å²) < 4.78 is 0. The summed E-state index contributed by atoms with van der Waals surface area (Å²) in [6, 6.07) is 10.1. The van der Waals surface area contributed by atoms with Crippen molar-refractivity contribution in [3.8, 4) is 0 Å². The maximum Gasteiger partial charge on any atom is 0.351 e. The van der Waals surface area contributed by atoms with Gasteiger partial charge in [-0.15, -0.1) is 0 Å². The largest absolute Gasteiger partial charge is 0.478 e. The zero-order chi connectivity index (χ0) is 13.2. The second-order valence-corrected chi connectivity index (χ2v) is 4.98. The molecule has 0 saturated carbocycles. The van der Waals surface area contributed by atoms with E-state index in [-0.39, 0.29) is 0 Å². The van der Waals surface area contributed by atoms with Crippen LogP contribution in [0, 0.1) is 0 Å². The van der Waals surface area contributed by atoms with Crippen molar-refractivity contribution in [3.05, 3.63) is 35.9 Å².